The minimum atomic E-state index is -3.67. The first-order valence-electron chi connectivity index (χ1n) is 28.2. The largest absolute Gasteiger partial charge is 1.00 e. The number of fused-ring (bicyclic) bond motifs is 4. The molecule has 0 amide bonds. The number of aromatic nitrogens is 1. The summed E-state index contributed by atoms with van der Waals surface area (Å²) in [6.45, 7) is 26.9. The number of aryl methyl sites for hydroxylation is 2. The van der Waals surface area contributed by atoms with Gasteiger partial charge in [-0.1, -0.05) is 36.0 Å². The van der Waals surface area contributed by atoms with Crippen LogP contribution in [0.5, 0.6) is 5.19 Å². The van der Waals surface area contributed by atoms with Gasteiger partial charge in [0, 0.05) is 91.6 Å². The summed E-state index contributed by atoms with van der Waals surface area (Å²) in [6.07, 6.45) is 2.30. The Bertz CT molecular complexity index is 3340. The fourth-order valence-electron chi connectivity index (χ4n) is 9.89. The first-order valence-corrected chi connectivity index (χ1v) is 29.9. The number of para-hydroxylation sites is 2. The third kappa shape index (κ3) is 22.9. The Morgan fingerprint density at radius 3 is 1.51 bits per heavy atom. The molecule has 30 heteroatoms. The summed E-state index contributed by atoms with van der Waals surface area (Å²) in [7, 11) is -6.83. The van der Waals surface area contributed by atoms with Gasteiger partial charge in [0.1, 0.15) is 22.9 Å². The van der Waals surface area contributed by atoms with E-state index >= 15 is 0 Å². The van der Waals surface area contributed by atoms with Crippen molar-refractivity contribution in [3.63, 3.8) is 0 Å². The zero-order chi connectivity index (χ0) is 62.2. The lowest BCUT2D eigenvalue weighted by Crippen LogP contribution is -3.00. The number of hydrogen-bond acceptors (Lipinski definition) is 12. The molecule has 6 heterocycles. The quantitative estimate of drug-likeness (QED) is 0.0996. The van der Waals surface area contributed by atoms with Crippen LogP contribution in [0.3, 0.4) is 0 Å². The molecular formula is C58H77B3F12N8O5S2. The van der Waals surface area contributed by atoms with Gasteiger partial charge in [-0.15, -0.1) is 0 Å². The molecule has 4 aromatic carbocycles. The van der Waals surface area contributed by atoms with Crippen LogP contribution in [0, 0.1) is 6.92 Å². The highest BCUT2D eigenvalue weighted by Gasteiger charge is 2.25. The molecule has 0 saturated carbocycles. The van der Waals surface area contributed by atoms with Crippen LogP contribution in [0.15, 0.2) is 116 Å². The van der Waals surface area contributed by atoms with Crippen LogP contribution in [-0.4, -0.2) is 161 Å². The van der Waals surface area contributed by atoms with Crippen LogP contribution in [-0.2, 0) is 7.05 Å². The van der Waals surface area contributed by atoms with E-state index in [0.29, 0.717) is 0 Å². The van der Waals surface area contributed by atoms with Crippen molar-refractivity contribution in [2.45, 2.75) is 46.4 Å². The number of rotatable bonds is 13. The molecule has 0 unspecified atom stereocenters. The van der Waals surface area contributed by atoms with Crippen molar-refractivity contribution >= 4 is 101 Å². The number of anilines is 3. The number of halogens is 12. The van der Waals surface area contributed by atoms with E-state index in [1.165, 1.54) is 53.7 Å². The second-order valence-electron chi connectivity index (χ2n) is 19.3. The van der Waals surface area contributed by atoms with E-state index in [2.05, 4.69) is 177 Å². The maximum Gasteiger partial charge on any atom is 0.762 e. The minimum absolute atomic E-state index is 0. The van der Waals surface area contributed by atoms with E-state index < -0.39 is 22.6 Å². The van der Waals surface area contributed by atoms with Crippen LogP contribution >= 0.6 is 23.1 Å². The van der Waals surface area contributed by atoms with Gasteiger partial charge in [-0.3, -0.25) is 48.6 Å². The molecule has 2 N–H and O–H groups in total. The van der Waals surface area contributed by atoms with E-state index in [0.717, 1.165) is 131 Å². The van der Waals surface area contributed by atoms with E-state index in [4.69, 9.17) is 18.7 Å². The number of nitrogens with zero attached hydrogens (tertiary/aromatic N) is 8. The molecule has 13 nitrogen and oxygen atoms in total. The van der Waals surface area contributed by atoms with Crippen LogP contribution < -0.4 is 58.4 Å². The average Bonchev–Trinajstić information content (AvgIpc) is 1.88. The average molecular weight is 1290 g/mol. The highest BCUT2D eigenvalue weighted by atomic mass is 32.2. The predicted octanol–water partition coefficient (Wildman–Crippen LogP) is 1.34. The highest BCUT2D eigenvalue weighted by Crippen LogP contribution is 2.45. The number of ether oxygens (including phenoxy) is 1. The van der Waals surface area contributed by atoms with Gasteiger partial charge < -0.3 is 52.6 Å². The monoisotopic (exact) mass is 1290 g/mol. The van der Waals surface area contributed by atoms with Crippen molar-refractivity contribution in [3.8, 4) is 5.19 Å². The number of β-amino-alcohol motifs (C(OH)–C–C–N with tert-alkyl or cyclic N) is 2. The lowest BCUT2D eigenvalue weighted by Gasteiger charge is -2.23. The number of aliphatic hydroxyl groups is 2. The van der Waals surface area contributed by atoms with Gasteiger partial charge in [-0.2, -0.15) is 13.7 Å². The molecule has 2 fully saturated rings. The smallest absolute Gasteiger partial charge is 0.762 e. The van der Waals surface area contributed by atoms with E-state index in [1.54, 1.807) is 11.3 Å². The molecule has 10 rings (SSSR count). The molecule has 0 atom stereocenters. The summed E-state index contributed by atoms with van der Waals surface area (Å²) in [5, 5.41) is 22.9. The van der Waals surface area contributed by atoms with Crippen molar-refractivity contribution in [2.75, 3.05) is 133 Å². The Labute approximate surface area is 515 Å². The number of thioether (sulfide) groups is 1. The number of aliphatic hydroxyl groups excluding tert-OH is 2. The Hall–Kier alpha value is -6.33. The highest BCUT2D eigenvalue weighted by molar-refractivity contribution is 8.03. The maximum atomic E-state index is 9.67. The molecular weight excluding hydrogens is 1210 g/mol. The fourth-order valence-corrected chi connectivity index (χ4v) is 12.1. The van der Waals surface area contributed by atoms with Crippen molar-refractivity contribution in [1.82, 2.24) is 19.0 Å². The lowest BCUT2D eigenvalue weighted by molar-refractivity contribution is -0.646. The molecule has 0 radical (unpaired) electrons. The summed E-state index contributed by atoms with van der Waals surface area (Å²) >= 11 is 3.50. The summed E-state index contributed by atoms with van der Waals surface area (Å²) < 4.78 is 113. The summed E-state index contributed by atoms with van der Waals surface area (Å²) in [6, 6.07) is 34.4. The zero-order valence-electron chi connectivity index (χ0n) is 50.6. The van der Waals surface area contributed by atoms with E-state index in [9.17, 15) is 43.9 Å². The van der Waals surface area contributed by atoms with Crippen molar-refractivity contribution in [3.05, 3.63) is 124 Å². The van der Waals surface area contributed by atoms with E-state index in [-0.39, 0.29) is 27.3 Å². The fraction of sp³-hybridized carbons (Fsp3) is 0.431. The number of hydrogen-bond donors (Lipinski definition) is 2. The standard InChI is InChI=1S/C28H35N4O2S.C20H30N3O2.C10H12NOS.3BF3.3FH/c1-4-31(5-2)22-10-11-23-21(19-28-29(3)24-8-6-7-9-26(24)35-28)18-27(34-25(23)20-22)32-14-12-30(13-15-32)16-17-33;1-4-22(5-2)17-6-7-18-16(3)14-20(25-19(18)15-17)23-10-8-21(9-11-23)12-13-24;1-3-12-10-11(2)8-6-4-5-7-9(8)13-10;3*2-1(3)4;;;/h6-11,18-20,33H,4-5,12-17H2,1-3H3;6-7,14-15,24H,4-5,8-13H2,1-3H3;4-7H,3H2,1-2H3;;;;3*1H/q3*+1;;;;;;/p-3. The van der Waals surface area contributed by atoms with Crippen LogP contribution in [0.25, 0.3) is 38.2 Å². The van der Waals surface area contributed by atoms with Gasteiger partial charge in [0.2, 0.25) is 5.52 Å². The lowest BCUT2D eigenvalue weighted by atomic mass is 10.1. The molecule has 7 aromatic rings. The molecule has 0 aliphatic carbocycles. The van der Waals surface area contributed by atoms with Crippen LogP contribution in [0.1, 0.15) is 45.7 Å². The van der Waals surface area contributed by atoms with E-state index in [1.807, 2.05) is 31.8 Å². The first kappa shape index (κ1) is 77.8. The summed E-state index contributed by atoms with van der Waals surface area (Å²) in [5.41, 5.74) is 11.0. The van der Waals surface area contributed by atoms with Gasteiger partial charge in [-0.25, -0.2) is 0 Å². The minimum Gasteiger partial charge on any atom is -1.00 e. The Morgan fingerprint density at radius 2 is 1.06 bits per heavy atom. The second kappa shape index (κ2) is 39.6. The number of benzene rings is 4. The van der Waals surface area contributed by atoms with Gasteiger partial charge in [0.05, 0.1) is 68.8 Å². The van der Waals surface area contributed by atoms with Crippen LogP contribution in [0.2, 0.25) is 0 Å². The van der Waals surface area contributed by atoms with Crippen molar-refractivity contribution < 1.29 is 81.3 Å². The summed E-state index contributed by atoms with van der Waals surface area (Å²) in [4.78, 5) is 12.8. The molecule has 2 saturated heterocycles. The zero-order valence-corrected chi connectivity index (χ0v) is 52.2. The van der Waals surface area contributed by atoms with Crippen molar-refractivity contribution in [2.24, 2.45) is 7.05 Å². The maximum absolute atomic E-state index is 9.67. The van der Waals surface area contributed by atoms with Gasteiger partial charge >= 0.3 is 38.9 Å². The normalized spacial score (nSPS) is 13.9. The SMILES string of the molecule is CCN(CC)c1ccc2c(/C=C3\Sc4ccccc4N3C)cc(=[N+]3CCN(CCO)CC3)oc2c1.CCN(CC)c1ccc2c(C)cc(=[N+]3CCN(CCO)CC3)oc2c1.CCOc1sc2ccccc2[n+]1C.FB(F)F.FB(F)F.FB(F)F.[F-].[F-].[F-]. The molecule has 88 heavy (non-hydrogen) atoms. The van der Waals surface area contributed by atoms with Crippen molar-refractivity contribution in [1.29, 1.82) is 0 Å². The third-order valence-corrected chi connectivity index (χ3v) is 16.5. The van der Waals surface area contributed by atoms with Crippen LogP contribution in [0.4, 0.5) is 55.9 Å². The molecule has 3 aliphatic rings. The molecule has 0 bridgehead atoms. The summed E-state index contributed by atoms with van der Waals surface area (Å²) in [5.74, 6) is 0. The molecule has 3 aromatic heterocycles. The number of thiazole rings is 1. The topological polar surface area (TPSA) is 102 Å². The Kier molecular flexibility index (Phi) is 35.0. The number of piperazine rings is 2. The predicted molar refractivity (Wildman–Crippen MR) is 331 cm³/mol. The second-order valence-corrected chi connectivity index (χ2v) is 21.4. The first-order chi connectivity index (χ1) is 40.8. The molecule has 484 valence electrons. The Morgan fingerprint density at radius 1 is 0.614 bits per heavy atom. The van der Waals surface area contributed by atoms with Gasteiger partial charge in [0.25, 0.3) is 0 Å². The molecule has 0 spiro atoms. The van der Waals surface area contributed by atoms with Gasteiger partial charge in [0.15, 0.2) is 26.2 Å². The van der Waals surface area contributed by atoms with Gasteiger partial charge in [-0.05, 0) is 113 Å². The Balaban J connectivity index is 0.000000433. The third-order valence-electron chi connectivity index (χ3n) is 14.2. The molecule has 3 aliphatic heterocycles.